The van der Waals surface area contributed by atoms with Crippen molar-refractivity contribution in [2.45, 2.75) is 47.5 Å². The van der Waals surface area contributed by atoms with Crippen LogP contribution in [-0.2, 0) is 9.53 Å². The lowest BCUT2D eigenvalue weighted by Gasteiger charge is -2.44. The summed E-state index contributed by atoms with van der Waals surface area (Å²) in [6, 6.07) is 0. The highest BCUT2D eigenvalue weighted by molar-refractivity contribution is 6.00. The second-order valence-electron chi connectivity index (χ2n) is 6.53. The summed E-state index contributed by atoms with van der Waals surface area (Å²) >= 11 is 0. The van der Waals surface area contributed by atoms with E-state index in [1.165, 1.54) is 0 Å². The van der Waals surface area contributed by atoms with Crippen molar-refractivity contribution in [2.75, 3.05) is 6.61 Å². The molecule has 2 heteroatoms. The number of hydrogen-bond donors (Lipinski definition) is 0. The molecule has 1 aliphatic carbocycles. The molecule has 0 saturated heterocycles. The molecule has 1 heterocycles. The van der Waals surface area contributed by atoms with E-state index in [0.717, 1.165) is 30.8 Å². The molecule has 16 heavy (non-hydrogen) atoms. The zero-order valence-corrected chi connectivity index (χ0v) is 11.0. The molecule has 90 valence electrons. The van der Waals surface area contributed by atoms with Gasteiger partial charge in [0.05, 0.1) is 6.61 Å². The lowest BCUT2D eigenvalue weighted by atomic mass is 9.63. The van der Waals surface area contributed by atoms with Gasteiger partial charge < -0.3 is 4.74 Å². The van der Waals surface area contributed by atoms with Crippen LogP contribution in [0, 0.1) is 16.7 Å². The Morgan fingerprint density at radius 3 is 2.50 bits per heavy atom. The first kappa shape index (κ1) is 11.7. The Labute approximate surface area is 98.1 Å². The molecule has 0 amide bonds. The number of carbonyl (C=O) groups excluding carboxylic acids is 1. The molecule has 0 radical (unpaired) electrons. The van der Waals surface area contributed by atoms with E-state index in [-0.39, 0.29) is 16.7 Å². The van der Waals surface area contributed by atoms with Gasteiger partial charge in [-0.1, -0.05) is 34.6 Å². The summed E-state index contributed by atoms with van der Waals surface area (Å²) in [5, 5.41) is 0. The van der Waals surface area contributed by atoms with Gasteiger partial charge in [0, 0.05) is 17.9 Å². The van der Waals surface area contributed by atoms with Gasteiger partial charge in [0.15, 0.2) is 5.78 Å². The average molecular weight is 222 g/mol. The SMILES string of the molecule is CC1C(=O)C2=C(CC1(C)C)OCCC2(C)C. The first-order valence-electron chi connectivity index (χ1n) is 6.16. The third-order valence-electron chi connectivity index (χ3n) is 4.39. The number of ketones is 1. The van der Waals surface area contributed by atoms with Crippen molar-refractivity contribution in [1.29, 1.82) is 0 Å². The van der Waals surface area contributed by atoms with E-state index in [2.05, 4.69) is 34.6 Å². The van der Waals surface area contributed by atoms with E-state index in [1.54, 1.807) is 0 Å². The van der Waals surface area contributed by atoms with E-state index in [1.807, 2.05) is 0 Å². The molecule has 0 spiro atoms. The summed E-state index contributed by atoms with van der Waals surface area (Å²) in [4.78, 5) is 12.5. The van der Waals surface area contributed by atoms with Gasteiger partial charge in [0.1, 0.15) is 5.76 Å². The van der Waals surface area contributed by atoms with Crippen LogP contribution in [0.2, 0.25) is 0 Å². The van der Waals surface area contributed by atoms with Crippen LogP contribution in [0.3, 0.4) is 0 Å². The van der Waals surface area contributed by atoms with Crippen molar-refractivity contribution in [3.63, 3.8) is 0 Å². The lowest BCUT2D eigenvalue weighted by Crippen LogP contribution is -2.42. The molecule has 2 aliphatic rings. The maximum absolute atomic E-state index is 12.5. The van der Waals surface area contributed by atoms with Crippen LogP contribution >= 0.6 is 0 Å². The zero-order chi connectivity index (χ0) is 12.1. The van der Waals surface area contributed by atoms with E-state index >= 15 is 0 Å². The van der Waals surface area contributed by atoms with Gasteiger partial charge in [0.25, 0.3) is 0 Å². The molecule has 1 atom stereocenters. The Balaban J connectivity index is 2.50. The van der Waals surface area contributed by atoms with Crippen molar-refractivity contribution >= 4 is 5.78 Å². The standard InChI is InChI=1S/C14H22O2/c1-9-12(15)11-10(8-14(9,4)5)16-7-6-13(11,2)3/h9H,6-8H2,1-5H3. The highest BCUT2D eigenvalue weighted by Gasteiger charge is 2.46. The zero-order valence-electron chi connectivity index (χ0n) is 11.0. The van der Waals surface area contributed by atoms with Crippen LogP contribution < -0.4 is 0 Å². The summed E-state index contributed by atoms with van der Waals surface area (Å²) < 4.78 is 5.73. The minimum Gasteiger partial charge on any atom is -0.497 e. The summed E-state index contributed by atoms with van der Waals surface area (Å²) in [7, 11) is 0. The average Bonchev–Trinajstić information content (AvgIpc) is 2.12. The summed E-state index contributed by atoms with van der Waals surface area (Å²) in [6.07, 6.45) is 1.85. The van der Waals surface area contributed by atoms with E-state index < -0.39 is 0 Å². The highest BCUT2D eigenvalue weighted by Crippen LogP contribution is 2.49. The quantitative estimate of drug-likeness (QED) is 0.628. The van der Waals surface area contributed by atoms with Crippen LogP contribution in [-0.4, -0.2) is 12.4 Å². The second-order valence-corrected chi connectivity index (χ2v) is 6.53. The maximum Gasteiger partial charge on any atom is 0.166 e. The Bertz CT molecular complexity index is 361. The van der Waals surface area contributed by atoms with E-state index in [4.69, 9.17) is 4.74 Å². The third kappa shape index (κ3) is 1.59. The third-order valence-corrected chi connectivity index (χ3v) is 4.39. The van der Waals surface area contributed by atoms with E-state index in [0.29, 0.717) is 5.78 Å². The molecule has 0 bridgehead atoms. The van der Waals surface area contributed by atoms with Gasteiger partial charge in [-0.25, -0.2) is 0 Å². The molecule has 0 N–H and O–H groups in total. The van der Waals surface area contributed by atoms with Crippen LogP contribution in [0.1, 0.15) is 47.5 Å². The van der Waals surface area contributed by atoms with Crippen LogP contribution in [0.15, 0.2) is 11.3 Å². The van der Waals surface area contributed by atoms with Gasteiger partial charge in [0.2, 0.25) is 0 Å². The molecule has 1 aliphatic heterocycles. The predicted octanol–water partition coefficient (Wildman–Crippen LogP) is 3.32. The number of hydrogen-bond acceptors (Lipinski definition) is 2. The fraction of sp³-hybridized carbons (Fsp3) is 0.786. The Morgan fingerprint density at radius 1 is 1.25 bits per heavy atom. The van der Waals surface area contributed by atoms with Gasteiger partial charge in [-0.15, -0.1) is 0 Å². The molecule has 0 aromatic heterocycles. The predicted molar refractivity (Wildman–Crippen MR) is 63.9 cm³/mol. The molecule has 2 rings (SSSR count). The van der Waals surface area contributed by atoms with Crippen LogP contribution in [0.5, 0.6) is 0 Å². The summed E-state index contributed by atoms with van der Waals surface area (Å²) in [6.45, 7) is 11.4. The fourth-order valence-corrected chi connectivity index (χ4v) is 2.75. The van der Waals surface area contributed by atoms with Crippen molar-refractivity contribution in [3.05, 3.63) is 11.3 Å². The molecular formula is C14H22O2. The van der Waals surface area contributed by atoms with Gasteiger partial charge in [-0.2, -0.15) is 0 Å². The summed E-state index contributed by atoms with van der Waals surface area (Å²) in [5.41, 5.74) is 0.990. The second kappa shape index (κ2) is 3.35. The Kier molecular flexibility index (Phi) is 2.45. The highest BCUT2D eigenvalue weighted by atomic mass is 16.5. The van der Waals surface area contributed by atoms with Crippen molar-refractivity contribution < 1.29 is 9.53 Å². The maximum atomic E-state index is 12.5. The molecule has 0 saturated carbocycles. The molecule has 0 aromatic rings. The van der Waals surface area contributed by atoms with Crippen LogP contribution in [0.25, 0.3) is 0 Å². The lowest BCUT2D eigenvalue weighted by molar-refractivity contribution is -0.126. The summed E-state index contributed by atoms with van der Waals surface area (Å²) in [5.74, 6) is 1.37. The molecular weight excluding hydrogens is 200 g/mol. The molecule has 1 unspecified atom stereocenters. The number of rotatable bonds is 0. The first-order valence-corrected chi connectivity index (χ1v) is 6.16. The van der Waals surface area contributed by atoms with Crippen molar-refractivity contribution in [1.82, 2.24) is 0 Å². The van der Waals surface area contributed by atoms with E-state index in [9.17, 15) is 4.79 Å². The fourth-order valence-electron chi connectivity index (χ4n) is 2.75. The minimum absolute atomic E-state index is 0.00454. The largest absolute Gasteiger partial charge is 0.497 e. The topological polar surface area (TPSA) is 26.3 Å². The van der Waals surface area contributed by atoms with Gasteiger partial charge >= 0.3 is 0 Å². The minimum atomic E-state index is -0.00454. The number of Topliss-reactive ketones (excluding diaryl/α,β-unsaturated/α-hetero) is 1. The van der Waals surface area contributed by atoms with Crippen molar-refractivity contribution in [3.8, 4) is 0 Å². The smallest absolute Gasteiger partial charge is 0.166 e. The van der Waals surface area contributed by atoms with Crippen LogP contribution in [0.4, 0.5) is 0 Å². The van der Waals surface area contributed by atoms with Gasteiger partial charge in [-0.05, 0) is 17.3 Å². The molecule has 0 aromatic carbocycles. The monoisotopic (exact) mass is 222 g/mol. The van der Waals surface area contributed by atoms with Gasteiger partial charge in [-0.3, -0.25) is 4.79 Å². The number of ether oxygens (including phenoxy) is 1. The van der Waals surface area contributed by atoms with Crippen molar-refractivity contribution in [2.24, 2.45) is 16.7 Å². The normalized spacial score (nSPS) is 32.1. The number of carbonyl (C=O) groups is 1. The Morgan fingerprint density at radius 2 is 1.88 bits per heavy atom. The first-order chi connectivity index (χ1) is 7.26. The molecule has 0 fully saturated rings. The Hall–Kier alpha value is -0.790. The molecule has 2 nitrogen and oxygen atoms in total. The number of allylic oxidation sites excluding steroid dienone is 2.